The second-order valence-corrected chi connectivity index (χ2v) is 8.07. The number of aromatic nitrogens is 1. The maximum atomic E-state index is 13.2. The number of aliphatic hydroxyl groups is 1. The van der Waals surface area contributed by atoms with Gasteiger partial charge >= 0.3 is 0 Å². The normalized spacial score (nSPS) is 18.9. The lowest BCUT2D eigenvalue weighted by atomic mass is 9.94. The Bertz CT molecular complexity index is 937. The zero-order chi connectivity index (χ0) is 19.9. The minimum atomic E-state index is -1.03. The van der Waals surface area contributed by atoms with Gasteiger partial charge in [0.2, 0.25) is 0 Å². The number of hydrogen-bond acceptors (Lipinski definition) is 5. The smallest absolute Gasteiger partial charge is 0.256 e. The van der Waals surface area contributed by atoms with Gasteiger partial charge in [0.1, 0.15) is 6.07 Å². The first-order valence-electron chi connectivity index (χ1n) is 9.51. The zero-order valence-electron chi connectivity index (χ0n) is 16.1. The van der Waals surface area contributed by atoms with Crippen molar-refractivity contribution in [1.29, 1.82) is 5.26 Å². The van der Waals surface area contributed by atoms with Gasteiger partial charge < -0.3 is 14.7 Å². The molecular formula is C22H23N3O3. The molecule has 1 amide bonds. The molecule has 6 nitrogen and oxygen atoms in total. The lowest BCUT2D eigenvalue weighted by Crippen LogP contribution is -2.30. The topological polar surface area (TPSA) is 86.5 Å². The Hall–Kier alpha value is -2.75. The number of hydrogen-bond donors (Lipinski definition) is 1. The van der Waals surface area contributed by atoms with Gasteiger partial charge in [-0.3, -0.25) is 9.78 Å². The zero-order valence-corrected chi connectivity index (χ0v) is 16.1. The number of pyridine rings is 1. The fraction of sp³-hybridized carbons (Fsp3) is 0.409. The van der Waals surface area contributed by atoms with Crippen LogP contribution >= 0.6 is 0 Å². The molecule has 0 radical (unpaired) electrons. The Labute approximate surface area is 164 Å². The highest BCUT2D eigenvalue weighted by molar-refractivity contribution is 5.99. The first kappa shape index (κ1) is 18.6. The third-order valence-electron chi connectivity index (χ3n) is 5.27. The van der Waals surface area contributed by atoms with Crippen LogP contribution in [0.15, 0.2) is 36.5 Å². The first-order valence-corrected chi connectivity index (χ1v) is 9.51. The van der Waals surface area contributed by atoms with Crippen LogP contribution in [0.3, 0.4) is 0 Å². The third kappa shape index (κ3) is 3.64. The Morgan fingerprint density at radius 2 is 2.11 bits per heavy atom. The van der Waals surface area contributed by atoms with Crippen molar-refractivity contribution in [2.24, 2.45) is 5.92 Å². The molecule has 2 heterocycles. The van der Waals surface area contributed by atoms with Crippen LogP contribution in [-0.2, 0) is 16.9 Å². The van der Waals surface area contributed by atoms with E-state index in [-0.39, 0.29) is 5.91 Å². The molecule has 4 rings (SSSR count). The second-order valence-electron chi connectivity index (χ2n) is 8.07. The molecule has 2 aromatic rings. The monoisotopic (exact) mass is 377 g/mol. The Morgan fingerprint density at radius 3 is 2.71 bits per heavy atom. The van der Waals surface area contributed by atoms with Crippen molar-refractivity contribution in [3.05, 3.63) is 64.5 Å². The number of carbonyl (C=O) groups excluding carboxylic acids is 1. The molecule has 0 saturated heterocycles. The molecule has 1 saturated carbocycles. The van der Waals surface area contributed by atoms with E-state index < -0.39 is 11.8 Å². The molecule has 1 aliphatic heterocycles. The van der Waals surface area contributed by atoms with Crippen LogP contribution in [0.25, 0.3) is 0 Å². The van der Waals surface area contributed by atoms with E-state index in [0.717, 1.165) is 5.56 Å². The number of fused-ring (bicyclic) bond motifs is 1. The van der Waals surface area contributed by atoms with E-state index in [1.165, 1.54) is 19.0 Å². The fourth-order valence-corrected chi connectivity index (χ4v) is 3.37. The van der Waals surface area contributed by atoms with E-state index in [1.54, 1.807) is 36.9 Å². The van der Waals surface area contributed by atoms with Crippen molar-refractivity contribution in [2.75, 3.05) is 6.61 Å². The van der Waals surface area contributed by atoms with Gasteiger partial charge in [-0.15, -0.1) is 0 Å². The highest BCUT2D eigenvalue weighted by atomic mass is 16.5. The van der Waals surface area contributed by atoms with Gasteiger partial charge in [0, 0.05) is 17.3 Å². The molecule has 0 unspecified atom stereocenters. The van der Waals surface area contributed by atoms with E-state index in [1.807, 2.05) is 18.2 Å². The summed E-state index contributed by atoms with van der Waals surface area (Å²) in [5.74, 6) is 0.442. The minimum Gasteiger partial charge on any atom is -0.386 e. The van der Waals surface area contributed by atoms with Crippen molar-refractivity contribution in [1.82, 2.24) is 9.88 Å². The number of amides is 1. The van der Waals surface area contributed by atoms with Crippen LogP contribution < -0.4 is 0 Å². The average molecular weight is 377 g/mol. The molecule has 0 spiro atoms. The number of carbonyl (C=O) groups is 1. The standard InChI is InChI=1S/C22H23N3O3/c1-22(2,27)16-6-8-18-19(9-16)20(26)25(21(18)28-13-14-3-4-14)12-17-7-5-15(10-23)11-24-17/h5-9,11,14,21,27H,3-4,12-13H2,1-2H3/t21-/m1/s1. The predicted octanol–water partition coefficient (Wildman–Crippen LogP) is 3.26. The van der Waals surface area contributed by atoms with Gasteiger partial charge in [-0.1, -0.05) is 12.1 Å². The SMILES string of the molecule is CC(C)(O)c1ccc2c(c1)C(=O)N(Cc1ccc(C#N)cn1)[C@@H]2OCC1CC1. The Balaban J connectivity index is 1.64. The number of benzene rings is 1. The summed E-state index contributed by atoms with van der Waals surface area (Å²) in [6, 6.07) is 11.0. The summed E-state index contributed by atoms with van der Waals surface area (Å²) in [4.78, 5) is 19.1. The summed E-state index contributed by atoms with van der Waals surface area (Å²) in [5, 5.41) is 19.3. The van der Waals surface area contributed by atoms with E-state index in [2.05, 4.69) is 4.98 Å². The number of nitriles is 1. The largest absolute Gasteiger partial charge is 0.386 e. The molecule has 28 heavy (non-hydrogen) atoms. The molecule has 0 bridgehead atoms. The van der Waals surface area contributed by atoms with Crippen molar-refractivity contribution < 1.29 is 14.6 Å². The highest BCUT2D eigenvalue weighted by Gasteiger charge is 2.39. The number of rotatable bonds is 6. The summed E-state index contributed by atoms with van der Waals surface area (Å²) in [7, 11) is 0. The molecule has 1 aromatic heterocycles. The predicted molar refractivity (Wildman–Crippen MR) is 102 cm³/mol. The van der Waals surface area contributed by atoms with E-state index in [9.17, 15) is 9.90 Å². The summed E-state index contributed by atoms with van der Waals surface area (Å²) in [5.41, 5.74) is 2.24. The Kier molecular flexibility index (Phi) is 4.66. The van der Waals surface area contributed by atoms with E-state index in [4.69, 9.17) is 10.00 Å². The van der Waals surface area contributed by atoms with Gasteiger partial charge in [0.15, 0.2) is 6.23 Å². The van der Waals surface area contributed by atoms with Crippen molar-refractivity contribution in [3.8, 4) is 6.07 Å². The molecule has 144 valence electrons. The van der Waals surface area contributed by atoms with Crippen LogP contribution in [0.5, 0.6) is 0 Å². The summed E-state index contributed by atoms with van der Waals surface area (Å²) in [6.45, 7) is 4.33. The summed E-state index contributed by atoms with van der Waals surface area (Å²) >= 11 is 0. The van der Waals surface area contributed by atoms with Gasteiger partial charge in [-0.25, -0.2) is 0 Å². The lowest BCUT2D eigenvalue weighted by molar-refractivity contribution is -0.0472. The van der Waals surface area contributed by atoms with Gasteiger partial charge in [-0.2, -0.15) is 5.26 Å². The van der Waals surface area contributed by atoms with Crippen molar-refractivity contribution in [3.63, 3.8) is 0 Å². The molecular weight excluding hydrogens is 354 g/mol. The van der Waals surface area contributed by atoms with Crippen molar-refractivity contribution >= 4 is 5.91 Å². The second kappa shape index (κ2) is 7.01. The van der Waals surface area contributed by atoms with Gasteiger partial charge in [-0.05, 0) is 56.4 Å². The van der Waals surface area contributed by atoms with Crippen LogP contribution in [0.4, 0.5) is 0 Å². The van der Waals surface area contributed by atoms with Crippen LogP contribution in [0.1, 0.15) is 65.7 Å². The molecule has 1 N–H and O–H groups in total. The maximum absolute atomic E-state index is 13.2. The van der Waals surface area contributed by atoms with Crippen LogP contribution in [0.2, 0.25) is 0 Å². The minimum absolute atomic E-state index is 0.131. The third-order valence-corrected chi connectivity index (χ3v) is 5.27. The number of nitrogens with zero attached hydrogens (tertiary/aromatic N) is 3. The van der Waals surface area contributed by atoms with Crippen LogP contribution in [-0.4, -0.2) is 27.5 Å². The molecule has 1 aromatic carbocycles. The number of ether oxygens (including phenoxy) is 1. The molecule has 1 fully saturated rings. The first-order chi connectivity index (χ1) is 13.4. The van der Waals surface area contributed by atoms with Gasteiger partial charge in [0.25, 0.3) is 5.91 Å². The van der Waals surface area contributed by atoms with Gasteiger partial charge in [0.05, 0.1) is 30.0 Å². The summed E-state index contributed by atoms with van der Waals surface area (Å²) < 4.78 is 6.14. The summed E-state index contributed by atoms with van der Waals surface area (Å²) in [6.07, 6.45) is 3.39. The Morgan fingerprint density at radius 1 is 1.32 bits per heavy atom. The molecule has 2 aliphatic rings. The van der Waals surface area contributed by atoms with Crippen molar-refractivity contribution in [2.45, 2.75) is 45.1 Å². The average Bonchev–Trinajstić information content (AvgIpc) is 3.47. The lowest BCUT2D eigenvalue weighted by Gasteiger charge is -2.25. The quantitative estimate of drug-likeness (QED) is 0.835. The maximum Gasteiger partial charge on any atom is 0.256 e. The molecule has 6 heteroatoms. The fourth-order valence-electron chi connectivity index (χ4n) is 3.37. The molecule has 1 atom stereocenters. The van der Waals surface area contributed by atoms with E-state index in [0.29, 0.717) is 41.5 Å². The van der Waals surface area contributed by atoms with E-state index >= 15 is 0 Å². The van der Waals surface area contributed by atoms with Crippen LogP contribution in [0, 0.1) is 17.2 Å². The molecule has 1 aliphatic carbocycles. The highest BCUT2D eigenvalue weighted by Crippen LogP contribution is 2.39.